The van der Waals surface area contributed by atoms with Crippen molar-refractivity contribution < 1.29 is 27.5 Å². The minimum atomic E-state index is -5.14. The molecule has 0 bridgehead atoms. The molecule has 0 aliphatic heterocycles. The molecule has 0 fully saturated rings. The predicted octanol–water partition coefficient (Wildman–Crippen LogP) is 4.39. The molecule has 7 heteroatoms. The maximum Gasteiger partial charge on any atom is 0.455 e. The lowest BCUT2D eigenvalue weighted by molar-refractivity contribution is -0.165. The molecule has 1 aromatic carbocycles. The number of hydrogen-bond donors (Lipinski definition) is 1. The first kappa shape index (κ1) is 16.5. The number of halogens is 3. The van der Waals surface area contributed by atoms with Crippen LogP contribution in [0, 0.1) is 6.92 Å². The molecule has 0 amide bonds. The molecule has 0 unspecified atom stereocenters. The molecule has 23 heavy (non-hydrogen) atoms. The number of carbonyl (C=O) groups excluding carboxylic acids is 1. The van der Waals surface area contributed by atoms with Gasteiger partial charge in [0.25, 0.3) is 5.78 Å². The van der Waals surface area contributed by atoms with Gasteiger partial charge in [0.2, 0.25) is 0 Å². The van der Waals surface area contributed by atoms with Gasteiger partial charge in [-0.3, -0.25) is 9.79 Å². The first-order valence-corrected chi connectivity index (χ1v) is 6.48. The highest BCUT2D eigenvalue weighted by Crippen LogP contribution is 2.25. The van der Waals surface area contributed by atoms with E-state index in [4.69, 9.17) is 4.42 Å². The van der Waals surface area contributed by atoms with Crippen LogP contribution in [-0.2, 0) is 4.79 Å². The molecule has 0 aliphatic carbocycles. The molecule has 4 nitrogen and oxygen atoms in total. The molecular formula is C16H12F3NO3. The first-order valence-electron chi connectivity index (χ1n) is 6.48. The summed E-state index contributed by atoms with van der Waals surface area (Å²) in [4.78, 5) is 15.3. The van der Waals surface area contributed by atoms with Crippen molar-refractivity contribution in [2.45, 2.75) is 13.1 Å². The summed E-state index contributed by atoms with van der Waals surface area (Å²) in [6.45, 7) is 1.79. The number of allylic oxidation sites excluding steroid dienone is 1. The highest BCUT2D eigenvalue weighted by Gasteiger charge is 2.42. The number of rotatable bonds is 4. The Labute approximate surface area is 129 Å². The fraction of sp³-hybridized carbons (Fsp3) is 0.125. The molecule has 1 N–H and O–H groups in total. The van der Waals surface area contributed by atoms with Crippen molar-refractivity contribution in [2.24, 2.45) is 4.99 Å². The van der Waals surface area contributed by atoms with Crippen LogP contribution < -0.4 is 0 Å². The number of carbonyl (C=O) groups is 1. The third kappa shape index (κ3) is 4.09. The molecule has 0 saturated carbocycles. The summed E-state index contributed by atoms with van der Waals surface area (Å²) in [7, 11) is 0. The number of aliphatic hydroxyl groups is 1. The van der Waals surface area contributed by atoms with E-state index in [1.165, 1.54) is 18.4 Å². The van der Waals surface area contributed by atoms with E-state index in [1.54, 1.807) is 31.2 Å². The standard InChI is InChI=1S/C16H12F3NO3/c1-10-4-2-5-11(8-10)20-9-12(15(22)16(17,18)19)14(21)13-6-3-7-23-13/h2-9,21H,1H3/b14-12+,20-9?. The largest absolute Gasteiger partial charge is 0.504 e. The van der Waals surface area contributed by atoms with Gasteiger partial charge in [-0.15, -0.1) is 0 Å². The van der Waals surface area contributed by atoms with Crippen LogP contribution in [0.3, 0.4) is 0 Å². The zero-order valence-electron chi connectivity index (χ0n) is 12.0. The second kappa shape index (κ2) is 6.51. The highest BCUT2D eigenvalue weighted by atomic mass is 19.4. The van der Waals surface area contributed by atoms with Gasteiger partial charge in [-0.25, -0.2) is 0 Å². The van der Waals surface area contributed by atoms with Crippen LogP contribution in [0.2, 0.25) is 0 Å². The van der Waals surface area contributed by atoms with Gasteiger partial charge in [-0.1, -0.05) is 12.1 Å². The lowest BCUT2D eigenvalue weighted by Crippen LogP contribution is -2.26. The average molecular weight is 323 g/mol. The molecule has 1 heterocycles. The second-order valence-electron chi connectivity index (χ2n) is 4.66. The van der Waals surface area contributed by atoms with Crippen LogP contribution in [0.15, 0.2) is 57.6 Å². The Morgan fingerprint density at radius 2 is 2.00 bits per heavy atom. The lowest BCUT2D eigenvalue weighted by atomic mass is 10.1. The summed E-state index contributed by atoms with van der Waals surface area (Å²) in [6, 6.07) is 9.25. The number of furan rings is 1. The molecule has 0 saturated heterocycles. The highest BCUT2D eigenvalue weighted by molar-refractivity contribution is 6.20. The molecule has 0 aliphatic rings. The Bertz CT molecular complexity index is 759. The number of aryl methyl sites for hydroxylation is 1. The molecule has 0 radical (unpaired) electrons. The fourth-order valence-corrected chi connectivity index (χ4v) is 1.77. The van der Waals surface area contributed by atoms with Gasteiger partial charge in [-0.05, 0) is 36.8 Å². The number of aliphatic hydroxyl groups excluding tert-OH is 1. The van der Waals surface area contributed by atoms with Gasteiger partial charge in [0, 0.05) is 6.21 Å². The summed E-state index contributed by atoms with van der Waals surface area (Å²) in [5.41, 5.74) is 0.209. The van der Waals surface area contributed by atoms with E-state index < -0.39 is 23.3 Å². The van der Waals surface area contributed by atoms with E-state index in [1.807, 2.05) is 0 Å². The van der Waals surface area contributed by atoms with Crippen LogP contribution >= 0.6 is 0 Å². The summed E-state index contributed by atoms with van der Waals surface area (Å²) < 4.78 is 42.9. The minimum absolute atomic E-state index is 0.256. The van der Waals surface area contributed by atoms with Crippen LogP contribution in [0.25, 0.3) is 5.76 Å². The van der Waals surface area contributed by atoms with Crippen molar-refractivity contribution >= 4 is 23.4 Å². The zero-order chi connectivity index (χ0) is 17.0. The summed E-state index contributed by atoms with van der Waals surface area (Å²) >= 11 is 0. The van der Waals surface area contributed by atoms with E-state index in [0.717, 1.165) is 5.56 Å². The van der Waals surface area contributed by atoms with Gasteiger partial charge in [0.1, 0.15) is 0 Å². The van der Waals surface area contributed by atoms with E-state index in [9.17, 15) is 23.1 Å². The van der Waals surface area contributed by atoms with E-state index in [0.29, 0.717) is 11.9 Å². The predicted molar refractivity (Wildman–Crippen MR) is 78.6 cm³/mol. The van der Waals surface area contributed by atoms with Crippen molar-refractivity contribution in [3.8, 4) is 0 Å². The third-order valence-corrected chi connectivity index (χ3v) is 2.86. The quantitative estimate of drug-likeness (QED) is 0.515. The van der Waals surface area contributed by atoms with Crippen LogP contribution in [0.5, 0.6) is 0 Å². The van der Waals surface area contributed by atoms with Gasteiger partial charge >= 0.3 is 6.18 Å². The zero-order valence-corrected chi connectivity index (χ0v) is 12.0. The summed E-state index contributed by atoms with van der Waals surface area (Å²) in [5.74, 6) is -3.38. The Hall–Kier alpha value is -2.83. The molecule has 1 aromatic heterocycles. The van der Waals surface area contributed by atoms with Crippen LogP contribution in [0.4, 0.5) is 18.9 Å². The molecule has 0 atom stereocenters. The monoisotopic (exact) mass is 323 g/mol. The molecule has 2 rings (SSSR count). The van der Waals surface area contributed by atoms with Gasteiger partial charge in [0.15, 0.2) is 11.5 Å². The number of ketones is 1. The average Bonchev–Trinajstić information content (AvgIpc) is 3.00. The molecule has 2 aromatic rings. The van der Waals surface area contributed by atoms with Crippen molar-refractivity contribution in [3.63, 3.8) is 0 Å². The number of benzene rings is 1. The van der Waals surface area contributed by atoms with Crippen molar-refractivity contribution in [3.05, 3.63) is 59.6 Å². The Morgan fingerprint density at radius 1 is 1.26 bits per heavy atom. The first-order chi connectivity index (χ1) is 10.8. The third-order valence-electron chi connectivity index (χ3n) is 2.86. The van der Waals surface area contributed by atoms with Crippen molar-refractivity contribution in [1.82, 2.24) is 0 Å². The number of alkyl halides is 3. The Morgan fingerprint density at radius 3 is 2.57 bits per heavy atom. The van der Waals surface area contributed by atoms with E-state index in [-0.39, 0.29) is 5.76 Å². The maximum atomic E-state index is 12.7. The maximum absolute atomic E-state index is 12.7. The van der Waals surface area contributed by atoms with Gasteiger partial charge < -0.3 is 9.52 Å². The van der Waals surface area contributed by atoms with Gasteiger partial charge in [-0.2, -0.15) is 13.2 Å². The van der Waals surface area contributed by atoms with Crippen molar-refractivity contribution in [1.29, 1.82) is 0 Å². The van der Waals surface area contributed by atoms with Crippen LogP contribution in [0.1, 0.15) is 11.3 Å². The Balaban J connectivity index is 2.46. The fourth-order valence-electron chi connectivity index (χ4n) is 1.77. The minimum Gasteiger partial charge on any atom is -0.504 e. The van der Waals surface area contributed by atoms with Crippen LogP contribution in [-0.4, -0.2) is 23.3 Å². The molecular weight excluding hydrogens is 311 g/mol. The number of Topliss-reactive ketones (excluding diaryl/α,β-unsaturated/α-hetero) is 1. The second-order valence-corrected chi connectivity index (χ2v) is 4.66. The van der Waals surface area contributed by atoms with E-state index in [2.05, 4.69) is 4.99 Å². The summed E-state index contributed by atoms with van der Waals surface area (Å²) in [6.07, 6.45) is -3.30. The van der Waals surface area contributed by atoms with Crippen molar-refractivity contribution in [2.75, 3.05) is 0 Å². The van der Waals surface area contributed by atoms with E-state index >= 15 is 0 Å². The number of hydrogen-bond acceptors (Lipinski definition) is 4. The molecule has 0 spiro atoms. The Kier molecular flexibility index (Phi) is 4.68. The van der Waals surface area contributed by atoms with Gasteiger partial charge in [0.05, 0.1) is 17.5 Å². The normalized spacial score (nSPS) is 13.2. The molecule has 120 valence electrons. The lowest BCUT2D eigenvalue weighted by Gasteiger charge is -2.07. The number of aliphatic imine (C=N–C) groups is 1. The topological polar surface area (TPSA) is 62.8 Å². The number of nitrogens with zero attached hydrogens (tertiary/aromatic N) is 1. The summed E-state index contributed by atoms with van der Waals surface area (Å²) in [5, 5.41) is 9.91. The SMILES string of the molecule is Cc1cccc(N=C/C(C(=O)C(F)(F)F)=C(\O)c2ccco2)c1. The smallest absolute Gasteiger partial charge is 0.455 e.